The molecule has 1 saturated carbocycles. The first-order valence-corrected chi connectivity index (χ1v) is 10.4. The van der Waals surface area contributed by atoms with Crippen molar-refractivity contribution in [1.82, 2.24) is 20.1 Å². The summed E-state index contributed by atoms with van der Waals surface area (Å²) < 4.78 is 50.3. The molecule has 1 amide bonds. The Bertz CT molecular complexity index is 986. The second-order valence-corrected chi connectivity index (χ2v) is 8.85. The monoisotopic (exact) mass is 454 g/mol. The number of halogens is 3. The van der Waals surface area contributed by atoms with Crippen LogP contribution in [0.5, 0.6) is 5.88 Å². The molecule has 1 aliphatic carbocycles. The van der Waals surface area contributed by atoms with Crippen molar-refractivity contribution in [3.05, 3.63) is 24.2 Å². The van der Waals surface area contributed by atoms with Crippen LogP contribution in [0.4, 0.5) is 13.2 Å². The number of nitrogens with zero attached hydrogens (tertiary/aromatic N) is 4. The Morgan fingerprint density at radius 1 is 1.31 bits per heavy atom. The summed E-state index contributed by atoms with van der Waals surface area (Å²) in [7, 11) is 1.52. The minimum atomic E-state index is -5.03. The van der Waals surface area contributed by atoms with E-state index in [0.717, 1.165) is 17.7 Å². The van der Waals surface area contributed by atoms with Crippen LogP contribution >= 0.6 is 0 Å². The minimum absolute atomic E-state index is 0.0738. The number of aliphatic hydroxyl groups is 1. The van der Waals surface area contributed by atoms with Crippen LogP contribution < -0.4 is 4.74 Å². The lowest BCUT2D eigenvalue weighted by atomic mass is 9.74. The molecule has 0 radical (unpaired) electrons. The van der Waals surface area contributed by atoms with Crippen LogP contribution in [0.1, 0.15) is 39.0 Å². The molecule has 2 aliphatic rings. The number of hydrogen-bond acceptors (Lipinski definition) is 7. The number of rotatable bonds is 5. The molecule has 4 rings (SSSR count). The van der Waals surface area contributed by atoms with Gasteiger partial charge in [-0.1, -0.05) is 6.92 Å². The number of alkyl halides is 3. The third-order valence-corrected chi connectivity index (χ3v) is 6.70. The highest BCUT2D eigenvalue weighted by Gasteiger charge is 2.60. The van der Waals surface area contributed by atoms with Crippen molar-refractivity contribution in [3.8, 4) is 17.3 Å². The molecule has 2 aromatic rings. The van der Waals surface area contributed by atoms with E-state index in [4.69, 9.17) is 9.15 Å². The average molecular weight is 454 g/mol. The molecule has 11 heteroatoms. The van der Waals surface area contributed by atoms with Crippen molar-refractivity contribution in [3.63, 3.8) is 0 Å². The summed E-state index contributed by atoms with van der Waals surface area (Å²) in [6.07, 6.45) is -1.30. The van der Waals surface area contributed by atoms with E-state index in [1.165, 1.54) is 7.11 Å². The lowest BCUT2D eigenvalue weighted by Gasteiger charge is -2.42. The maximum absolute atomic E-state index is 13.1. The Kier molecular flexibility index (Phi) is 5.43. The zero-order valence-corrected chi connectivity index (χ0v) is 18.0. The molecule has 0 spiro atoms. The van der Waals surface area contributed by atoms with Gasteiger partial charge in [-0.05, 0) is 44.1 Å². The SMILES string of the molecule is COc1ccc(-c2nnc(C3([C@H]4CCN(C(=O)[C@@](C)(O)C(F)(F)F)C[C@H]4C)CC3)o2)cn1. The van der Waals surface area contributed by atoms with E-state index in [0.29, 0.717) is 36.6 Å². The number of carbonyl (C=O) groups excluding carboxylic acids is 1. The number of hydrogen-bond donors (Lipinski definition) is 1. The van der Waals surface area contributed by atoms with E-state index >= 15 is 0 Å². The van der Waals surface area contributed by atoms with E-state index in [2.05, 4.69) is 15.2 Å². The van der Waals surface area contributed by atoms with Gasteiger partial charge in [0.1, 0.15) is 0 Å². The number of amides is 1. The van der Waals surface area contributed by atoms with Gasteiger partial charge in [0.2, 0.25) is 23.3 Å². The molecule has 2 fully saturated rings. The van der Waals surface area contributed by atoms with Gasteiger partial charge in [0.15, 0.2) is 0 Å². The molecule has 2 aromatic heterocycles. The van der Waals surface area contributed by atoms with Gasteiger partial charge >= 0.3 is 6.18 Å². The zero-order valence-electron chi connectivity index (χ0n) is 18.0. The number of likely N-dealkylation sites (tertiary alicyclic amines) is 1. The van der Waals surface area contributed by atoms with Crippen LogP contribution in [-0.2, 0) is 10.2 Å². The average Bonchev–Trinajstić information content (AvgIpc) is 3.40. The molecule has 8 nitrogen and oxygen atoms in total. The number of ether oxygens (including phenoxy) is 1. The Morgan fingerprint density at radius 3 is 2.56 bits per heavy atom. The van der Waals surface area contributed by atoms with Gasteiger partial charge in [-0.15, -0.1) is 10.2 Å². The molecule has 1 saturated heterocycles. The normalized spacial score (nSPS) is 24.7. The van der Waals surface area contributed by atoms with Crippen LogP contribution in [0, 0.1) is 11.8 Å². The second kappa shape index (κ2) is 7.72. The number of methoxy groups -OCH3 is 1. The quantitative estimate of drug-likeness (QED) is 0.741. The van der Waals surface area contributed by atoms with Crippen molar-refractivity contribution in [2.45, 2.75) is 50.3 Å². The zero-order chi connectivity index (χ0) is 23.3. The number of pyridine rings is 1. The highest BCUT2D eigenvalue weighted by molar-refractivity contribution is 5.85. The summed E-state index contributed by atoms with van der Waals surface area (Å²) in [5.74, 6) is -0.0360. The predicted molar refractivity (Wildman–Crippen MR) is 106 cm³/mol. The second-order valence-electron chi connectivity index (χ2n) is 8.85. The van der Waals surface area contributed by atoms with E-state index in [-0.39, 0.29) is 30.3 Å². The van der Waals surface area contributed by atoms with Crippen LogP contribution in [0.3, 0.4) is 0 Å². The van der Waals surface area contributed by atoms with Gasteiger partial charge in [-0.2, -0.15) is 13.2 Å². The van der Waals surface area contributed by atoms with Crippen molar-refractivity contribution >= 4 is 5.91 Å². The molecule has 1 N–H and O–H groups in total. The van der Waals surface area contributed by atoms with E-state index in [9.17, 15) is 23.1 Å². The molecule has 0 bridgehead atoms. The predicted octanol–water partition coefficient (Wildman–Crippen LogP) is 2.97. The molecule has 1 aliphatic heterocycles. The van der Waals surface area contributed by atoms with Gasteiger partial charge in [-0.3, -0.25) is 4.79 Å². The van der Waals surface area contributed by atoms with Gasteiger partial charge in [0.25, 0.3) is 5.91 Å². The van der Waals surface area contributed by atoms with Crippen LogP contribution in [0.2, 0.25) is 0 Å². The highest BCUT2D eigenvalue weighted by Crippen LogP contribution is 2.58. The summed E-state index contributed by atoms with van der Waals surface area (Å²) in [5, 5.41) is 18.2. The molecule has 0 aromatic carbocycles. The maximum Gasteiger partial charge on any atom is 0.426 e. The highest BCUT2D eigenvalue weighted by atomic mass is 19.4. The largest absolute Gasteiger partial charge is 0.481 e. The van der Waals surface area contributed by atoms with Crippen LogP contribution in [-0.4, -0.2) is 63.1 Å². The Labute approximate surface area is 182 Å². The fourth-order valence-corrected chi connectivity index (χ4v) is 4.63. The first kappa shape index (κ1) is 22.5. The molecule has 3 heterocycles. The number of piperidine rings is 1. The van der Waals surface area contributed by atoms with E-state index < -0.39 is 17.7 Å². The lowest BCUT2D eigenvalue weighted by Crippen LogP contribution is -2.58. The van der Waals surface area contributed by atoms with Gasteiger partial charge in [0, 0.05) is 25.4 Å². The Morgan fingerprint density at radius 2 is 2.03 bits per heavy atom. The lowest BCUT2D eigenvalue weighted by molar-refractivity contribution is -0.251. The number of aromatic nitrogens is 3. The number of carbonyl (C=O) groups is 1. The minimum Gasteiger partial charge on any atom is -0.481 e. The van der Waals surface area contributed by atoms with E-state index in [1.807, 2.05) is 6.92 Å². The Hall–Kier alpha value is -2.69. The first-order chi connectivity index (χ1) is 15.0. The van der Waals surface area contributed by atoms with Gasteiger partial charge < -0.3 is 19.2 Å². The van der Waals surface area contributed by atoms with Crippen molar-refractivity contribution in [1.29, 1.82) is 0 Å². The first-order valence-electron chi connectivity index (χ1n) is 10.4. The molecule has 3 atom stereocenters. The Balaban J connectivity index is 1.48. The van der Waals surface area contributed by atoms with Crippen molar-refractivity contribution in [2.24, 2.45) is 11.8 Å². The fraction of sp³-hybridized carbons (Fsp3) is 0.619. The summed E-state index contributed by atoms with van der Waals surface area (Å²) in [6, 6.07) is 3.46. The van der Waals surface area contributed by atoms with E-state index in [1.54, 1.807) is 18.3 Å². The topological polar surface area (TPSA) is 102 Å². The molecule has 32 heavy (non-hydrogen) atoms. The summed E-state index contributed by atoms with van der Waals surface area (Å²) in [4.78, 5) is 17.6. The van der Waals surface area contributed by atoms with Gasteiger partial charge in [-0.25, -0.2) is 4.98 Å². The summed E-state index contributed by atoms with van der Waals surface area (Å²) in [5.41, 5.74) is -3.08. The molecule has 174 valence electrons. The third kappa shape index (κ3) is 3.72. The van der Waals surface area contributed by atoms with Crippen molar-refractivity contribution < 1.29 is 32.2 Å². The molecule has 0 unspecified atom stereocenters. The smallest absolute Gasteiger partial charge is 0.426 e. The molecular weight excluding hydrogens is 429 g/mol. The van der Waals surface area contributed by atoms with Crippen molar-refractivity contribution in [2.75, 3.05) is 20.2 Å². The third-order valence-electron chi connectivity index (χ3n) is 6.70. The summed E-state index contributed by atoms with van der Waals surface area (Å²) in [6.45, 7) is 2.66. The molecular formula is C21H25F3N4O4. The fourth-order valence-electron chi connectivity index (χ4n) is 4.63. The van der Waals surface area contributed by atoms with Gasteiger partial charge in [0.05, 0.1) is 18.1 Å². The maximum atomic E-state index is 13.1. The standard InChI is InChI=1S/C21H25F3N4O4/c1-12-11-28(18(29)19(2,30)21(22,23)24)9-6-14(12)20(7-8-20)17-27-26-16(32-17)13-4-5-15(31-3)25-10-13/h4-5,10,12,14,30H,6-9,11H2,1-3H3/t12-,14+,19-/m1/s1. The summed E-state index contributed by atoms with van der Waals surface area (Å²) >= 11 is 0. The van der Waals surface area contributed by atoms with Crippen LogP contribution in [0.15, 0.2) is 22.7 Å². The van der Waals surface area contributed by atoms with Crippen LogP contribution in [0.25, 0.3) is 11.5 Å².